The van der Waals surface area contributed by atoms with Crippen LogP contribution >= 0.6 is 11.3 Å². The number of methoxy groups -OCH3 is 1. The van der Waals surface area contributed by atoms with Crippen LogP contribution in [0.4, 0.5) is 0 Å². The van der Waals surface area contributed by atoms with Gasteiger partial charge in [-0.25, -0.2) is 9.79 Å². The van der Waals surface area contributed by atoms with E-state index in [2.05, 4.69) is 4.99 Å². The Kier molecular flexibility index (Phi) is 5.86. The van der Waals surface area contributed by atoms with Crippen LogP contribution in [0.25, 0.3) is 6.08 Å². The van der Waals surface area contributed by atoms with Crippen molar-refractivity contribution in [2.75, 3.05) is 13.7 Å². The maximum atomic E-state index is 13.5. The molecule has 3 aromatic rings. The molecule has 0 bridgehead atoms. The predicted molar refractivity (Wildman–Crippen MR) is 120 cm³/mol. The van der Waals surface area contributed by atoms with Crippen molar-refractivity contribution in [1.29, 1.82) is 0 Å². The number of hydrogen-bond acceptors (Lipinski definition) is 6. The van der Waals surface area contributed by atoms with E-state index in [-0.39, 0.29) is 5.56 Å². The van der Waals surface area contributed by atoms with Crippen molar-refractivity contribution in [3.05, 3.63) is 96.7 Å². The minimum absolute atomic E-state index is 0.201. The van der Waals surface area contributed by atoms with Gasteiger partial charge in [0.2, 0.25) is 0 Å². The second-order valence-electron chi connectivity index (χ2n) is 6.99. The first kappa shape index (κ1) is 20.8. The second-order valence-corrected chi connectivity index (χ2v) is 8.00. The van der Waals surface area contributed by atoms with Gasteiger partial charge in [-0.3, -0.25) is 9.36 Å². The minimum atomic E-state index is -0.596. The summed E-state index contributed by atoms with van der Waals surface area (Å²) in [5.74, 6) is 0.254. The maximum absolute atomic E-state index is 13.5. The lowest BCUT2D eigenvalue weighted by Gasteiger charge is -2.24. The van der Waals surface area contributed by atoms with E-state index < -0.39 is 12.0 Å². The van der Waals surface area contributed by atoms with Gasteiger partial charge in [-0.2, -0.15) is 0 Å². The Labute approximate surface area is 183 Å². The normalized spacial score (nSPS) is 16.0. The molecule has 0 saturated carbocycles. The average molecular weight is 435 g/mol. The molecule has 0 N–H and O–H groups in total. The van der Waals surface area contributed by atoms with Crippen LogP contribution in [-0.2, 0) is 9.53 Å². The molecule has 0 fully saturated rings. The van der Waals surface area contributed by atoms with Gasteiger partial charge >= 0.3 is 5.97 Å². The molecule has 4 rings (SSSR count). The Balaban J connectivity index is 1.92. The van der Waals surface area contributed by atoms with Gasteiger partial charge < -0.3 is 9.47 Å². The summed E-state index contributed by atoms with van der Waals surface area (Å²) in [5.41, 5.74) is 2.39. The molecule has 1 unspecified atom stereocenters. The van der Waals surface area contributed by atoms with E-state index in [1.807, 2.05) is 67.6 Å². The number of nitrogens with zero attached hydrogens (tertiary/aromatic N) is 2. The Hall–Kier alpha value is -3.45. The summed E-state index contributed by atoms with van der Waals surface area (Å²) >= 11 is 1.30. The van der Waals surface area contributed by atoms with Crippen molar-refractivity contribution < 1.29 is 14.3 Å². The maximum Gasteiger partial charge on any atom is 0.338 e. The van der Waals surface area contributed by atoms with Crippen molar-refractivity contribution in [1.82, 2.24) is 4.57 Å². The molecule has 2 heterocycles. The van der Waals surface area contributed by atoms with E-state index >= 15 is 0 Å². The molecule has 2 aromatic carbocycles. The fourth-order valence-electron chi connectivity index (χ4n) is 3.66. The highest BCUT2D eigenvalue weighted by molar-refractivity contribution is 7.07. The van der Waals surface area contributed by atoms with Gasteiger partial charge in [0, 0.05) is 0 Å². The zero-order valence-corrected chi connectivity index (χ0v) is 18.3. The van der Waals surface area contributed by atoms with Crippen LogP contribution in [0, 0.1) is 0 Å². The molecular formula is C24H22N2O4S. The van der Waals surface area contributed by atoms with Crippen molar-refractivity contribution in [3.8, 4) is 5.75 Å². The third-order valence-corrected chi connectivity index (χ3v) is 5.99. The summed E-state index contributed by atoms with van der Waals surface area (Å²) in [6, 6.07) is 16.4. The number of hydrogen-bond donors (Lipinski definition) is 0. The van der Waals surface area contributed by atoms with Crippen molar-refractivity contribution >= 4 is 23.4 Å². The lowest BCUT2D eigenvalue weighted by atomic mass is 9.96. The smallest absolute Gasteiger partial charge is 0.338 e. The summed E-state index contributed by atoms with van der Waals surface area (Å²) in [4.78, 5) is 31.2. The molecular weight excluding hydrogens is 412 g/mol. The second kappa shape index (κ2) is 8.73. The summed E-state index contributed by atoms with van der Waals surface area (Å²) < 4.78 is 12.7. The average Bonchev–Trinajstić information content (AvgIpc) is 3.08. The first-order chi connectivity index (χ1) is 15.0. The third-order valence-electron chi connectivity index (χ3n) is 5.01. The van der Waals surface area contributed by atoms with Gasteiger partial charge in [-0.1, -0.05) is 53.8 Å². The van der Waals surface area contributed by atoms with Gasteiger partial charge in [0.1, 0.15) is 5.75 Å². The van der Waals surface area contributed by atoms with E-state index in [0.29, 0.717) is 27.2 Å². The molecule has 31 heavy (non-hydrogen) atoms. The van der Waals surface area contributed by atoms with Crippen molar-refractivity contribution in [3.63, 3.8) is 0 Å². The standard InChI is InChI=1S/C24H22N2O4S/c1-4-30-18-12-8-9-16(13-18)14-19-22(27)26-21(17-10-6-5-7-11-17)20(23(28)29-3)15(2)25-24(26)31-19/h5-14,21H,4H2,1-3H3. The number of rotatable bonds is 5. The molecule has 1 aromatic heterocycles. The van der Waals surface area contributed by atoms with Gasteiger partial charge in [-0.15, -0.1) is 0 Å². The number of ether oxygens (including phenoxy) is 2. The Morgan fingerprint density at radius 3 is 2.68 bits per heavy atom. The molecule has 0 amide bonds. The molecule has 0 spiro atoms. The van der Waals surface area contributed by atoms with Crippen LogP contribution in [0.5, 0.6) is 5.75 Å². The van der Waals surface area contributed by atoms with Crippen LogP contribution in [0.1, 0.15) is 31.0 Å². The molecule has 1 atom stereocenters. The van der Waals surface area contributed by atoms with E-state index in [4.69, 9.17) is 9.47 Å². The van der Waals surface area contributed by atoms with E-state index in [1.165, 1.54) is 18.4 Å². The monoisotopic (exact) mass is 434 g/mol. The van der Waals surface area contributed by atoms with Crippen LogP contribution in [0.2, 0.25) is 0 Å². The van der Waals surface area contributed by atoms with Crippen LogP contribution in [-0.4, -0.2) is 24.3 Å². The number of carbonyl (C=O) groups is 1. The Morgan fingerprint density at radius 2 is 1.97 bits per heavy atom. The number of esters is 1. The summed E-state index contributed by atoms with van der Waals surface area (Å²) in [7, 11) is 1.33. The summed E-state index contributed by atoms with van der Waals surface area (Å²) in [6.45, 7) is 4.26. The van der Waals surface area contributed by atoms with E-state index in [9.17, 15) is 9.59 Å². The number of allylic oxidation sites excluding steroid dienone is 1. The van der Waals surface area contributed by atoms with Crippen LogP contribution in [0.15, 0.2) is 75.7 Å². The van der Waals surface area contributed by atoms with Gasteiger partial charge in [0.25, 0.3) is 5.56 Å². The first-order valence-corrected chi connectivity index (χ1v) is 10.7. The SMILES string of the molecule is CCOc1cccc(C=c2sc3n(c2=O)C(c2ccccc2)C(C(=O)OC)=C(C)N=3)c1. The number of carbonyl (C=O) groups excluding carboxylic acids is 1. The van der Waals surface area contributed by atoms with E-state index in [0.717, 1.165) is 16.9 Å². The summed E-state index contributed by atoms with van der Waals surface area (Å²) in [5, 5.41) is 0. The number of thiazole rings is 1. The molecule has 1 aliphatic rings. The first-order valence-electron chi connectivity index (χ1n) is 9.92. The molecule has 0 saturated heterocycles. The molecule has 0 aliphatic carbocycles. The van der Waals surface area contributed by atoms with Gasteiger partial charge in [0.05, 0.1) is 35.6 Å². The Morgan fingerprint density at radius 1 is 1.19 bits per heavy atom. The number of aromatic nitrogens is 1. The number of fused-ring (bicyclic) bond motifs is 1. The van der Waals surface area contributed by atoms with E-state index in [1.54, 1.807) is 11.5 Å². The van der Waals surface area contributed by atoms with Gasteiger partial charge in [-0.05, 0) is 43.2 Å². The molecule has 6 nitrogen and oxygen atoms in total. The lowest BCUT2D eigenvalue weighted by molar-refractivity contribution is -0.136. The lowest BCUT2D eigenvalue weighted by Crippen LogP contribution is -2.39. The predicted octanol–water partition coefficient (Wildman–Crippen LogP) is 2.81. The molecule has 158 valence electrons. The molecule has 7 heteroatoms. The van der Waals surface area contributed by atoms with Crippen molar-refractivity contribution in [2.45, 2.75) is 19.9 Å². The highest BCUT2D eigenvalue weighted by Crippen LogP contribution is 2.30. The largest absolute Gasteiger partial charge is 0.494 e. The fourth-order valence-corrected chi connectivity index (χ4v) is 4.70. The van der Waals surface area contributed by atoms with Gasteiger partial charge in [0.15, 0.2) is 4.80 Å². The van der Waals surface area contributed by atoms with Crippen molar-refractivity contribution in [2.24, 2.45) is 4.99 Å². The summed E-state index contributed by atoms with van der Waals surface area (Å²) in [6.07, 6.45) is 1.82. The van der Waals surface area contributed by atoms with Crippen LogP contribution < -0.4 is 19.6 Å². The fraction of sp³-hybridized carbons (Fsp3) is 0.208. The third kappa shape index (κ3) is 3.96. The zero-order valence-electron chi connectivity index (χ0n) is 17.5. The van der Waals surface area contributed by atoms with Crippen LogP contribution in [0.3, 0.4) is 0 Å². The highest BCUT2D eigenvalue weighted by Gasteiger charge is 2.32. The zero-order chi connectivity index (χ0) is 22.0. The Bertz CT molecular complexity index is 1340. The number of benzene rings is 2. The molecule has 1 aliphatic heterocycles. The quantitative estimate of drug-likeness (QED) is 0.579. The minimum Gasteiger partial charge on any atom is -0.494 e. The highest BCUT2D eigenvalue weighted by atomic mass is 32.1. The topological polar surface area (TPSA) is 69.9 Å². The molecule has 0 radical (unpaired) electrons.